The van der Waals surface area contributed by atoms with Crippen LogP contribution in [0.1, 0.15) is 52.4 Å². The Kier molecular flexibility index (Phi) is 9.39. The second-order valence-corrected chi connectivity index (χ2v) is 8.66. The van der Waals surface area contributed by atoms with Gasteiger partial charge in [-0.1, -0.05) is 13.8 Å². The van der Waals surface area contributed by atoms with E-state index in [-0.39, 0.29) is 23.7 Å². The average Bonchev–Trinajstić information content (AvgIpc) is 2.91. The van der Waals surface area contributed by atoms with E-state index in [1.54, 1.807) is 0 Å². The number of nitrogens with two attached hydrogens (primary N) is 1. The van der Waals surface area contributed by atoms with Crippen molar-refractivity contribution >= 4 is 17.7 Å². The molecule has 7 nitrogen and oxygen atoms in total. The van der Waals surface area contributed by atoms with E-state index in [0.29, 0.717) is 37.5 Å². The summed E-state index contributed by atoms with van der Waals surface area (Å²) in [5, 5.41) is 11.2. The minimum Gasteiger partial charge on any atom is -0.387 e. The van der Waals surface area contributed by atoms with Gasteiger partial charge in [0, 0.05) is 23.7 Å². The van der Waals surface area contributed by atoms with E-state index < -0.39 is 12.5 Å². The van der Waals surface area contributed by atoms with Gasteiger partial charge >= 0.3 is 0 Å². The van der Waals surface area contributed by atoms with Crippen molar-refractivity contribution in [1.82, 2.24) is 5.32 Å². The van der Waals surface area contributed by atoms with Crippen LogP contribution in [-0.2, 0) is 14.4 Å². The number of rotatable bonds is 11. The van der Waals surface area contributed by atoms with Crippen molar-refractivity contribution < 1.29 is 24.0 Å². The number of amides is 3. The predicted octanol–water partition coefficient (Wildman–Crippen LogP) is 1.04. The Morgan fingerprint density at radius 2 is 1.67 bits per heavy atom. The molecule has 0 aliphatic carbocycles. The number of nitrogens with one attached hydrogen (secondary N) is 1. The van der Waals surface area contributed by atoms with Crippen molar-refractivity contribution in [3.05, 3.63) is 0 Å². The van der Waals surface area contributed by atoms with Gasteiger partial charge in [0.05, 0.1) is 27.2 Å². The number of aliphatic hydroxyl groups excluding tert-OH is 1. The van der Waals surface area contributed by atoms with E-state index in [0.717, 1.165) is 30.4 Å². The molecule has 4 unspecified atom stereocenters. The molecular formula is C20H38N3O4+. The van der Waals surface area contributed by atoms with Gasteiger partial charge in [0.25, 0.3) is 5.91 Å². The van der Waals surface area contributed by atoms with E-state index in [9.17, 15) is 14.4 Å². The Labute approximate surface area is 163 Å². The highest BCUT2D eigenvalue weighted by molar-refractivity contribution is 5.96. The second-order valence-electron chi connectivity index (χ2n) is 8.66. The Hall–Kier alpha value is -1.47. The highest BCUT2D eigenvalue weighted by atomic mass is 16.3. The molecule has 0 saturated carbocycles. The lowest BCUT2D eigenvalue weighted by Crippen LogP contribution is -2.38. The number of primary amides is 1. The fourth-order valence-electron chi connectivity index (χ4n) is 4.48. The summed E-state index contributed by atoms with van der Waals surface area (Å²) in [5.41, 5.74) is 5.42. The molecule has 7 heteroatoms. The highest BCUT2D eigenvalue weighted by Crippen LogP contribution is 2.34. The van der Waals surface area contributed by atoms with Gasteiger partial charge in [0.1, 0.15) is 6.61 Å². The molecule has 1 heterocycles. The van der Waals surface area contributed by atoms with Crippen LogP contribution in [0, 0.1) is 23.7 Å². The maximum Gasteiger partial charge on any atom is 0.252 e. The van der Waals surface area contributed by atoms with Crippen molar-refractivity contribution in [1.29, 1.82) is 0 Å². The minimum atomic E-state index is -0.705. The lowest BCUT2D eigenvalue weighted by Gasteiger charge is -2.24. The van der Waals surface area contributed by atoms with Crippen LogP contribution in [0.3, 0.4) is 0 Å². The van der Waals surface area contributed by atoms with Crippen LogP contribution >= 0.6 is 0 Å². The number of quaternary nitrogens is 1. The third-order valence-electron chi connectivity index (χ3n) is 6.07. The van der Waals surface area contributed by atoms with Crippen LogP contribution in [0.15, 0.2) is 0 Å². The fraction of sp³-hybridized carbons (Fsp3) is 0.850. The van der Waals surface area contributed by atoms with E-state index in [1.165, 1.54) is 0 Å². The molecule has 0 spiro atoms. The summed E-state index contributed by atoms with van der Waals surface area (Å²) in [5.74, 6) is -0.764. The lowest BCUT2D eigenvalue weighted by molar-refractivity contribution is -0.880. The SMILES string of the molecule is CCC(CCC(CCC1C[N+](C)(C)CC1CC)C(=O)NC(=O)CO)C(N)=O. The Morgan fingerprint density at radius 3 is 2.19 bits per heavy atom. The second kappa shape index (κ2) is 10.8. The van der Waals surface area contributed by atoms with Crippen molar-refractivity contribution in [2.24, 2.45) is 29.4 Å². The normalized spacial score (nSPS) is 23.6. The minimum absolute atomic E-state index is 0.251. The van der Waals surface area contributed by atoms with Gasteiger partial charge in [-0.25, -0.2) is 0 Å². The van der Waals surface area contributed by atoms with Gasteiger partial charge in [-0.2, -0.15) is 0 Å². The van der Waals surface area contributed by atoms with Gasteiger partial charge in [-0.05, 0) is 38.5 Å². The van der Waals surface area contributed by atoms with E-state index in [4.69, 9.17) is 10.8 Å². The van der Waals surface area contributed by atoms with Gasteiger partial charge in [-0.3, -0.25) is 19.7 Å². The maximum atomic E-state index is 12.5. The molecule has 1 saturated heterocycles. The average molecular weight is 385 g/mol. The summed E-state index contributed by atoms with van der Waals surface area (Å²) in [6, 6.07) is 0. The monoisotopic (exact) mass is 384 g/mol. The summed E-state index contributed by atoms with van der Waals surface area (Å²) in [6.07, 6.45) is 4.45. The van der Waals surface area contributed by atoms with Gasteiger partial charge in [0.2, 0.25) is 11.8 Å². The van der Waals surface area contributed by atoms with Crippen molar-refractivity contribution in [2.45, 2.75) is 52.4 Å². The van der Waals surface area contributed by atoms with Crippen LogP contribution in [0.5, 0.6) is 0 Å². The smallest absolute Gasteiger partial charge is 0.252 e. The molecule has 0 aromatic heterocycles. The highest BCUT2D eigenvalue weighted by Gasteiger charge is 2.39. The van der Waals surface area contributed by atoms with Crippen molar-refractivity contribution in [3.8, 4) is 0 Å². The number of imide groups is 1. The summed E-state index contributed by atoms with van der Waals surface area (Å²) in [7, 11) is 4.48. The number of likely N-dealkylation sites (tertiary alicyclic amines) is 1. The third-order valence-corrected chi connectivity index (χ3v) is 6.07. The molecule has 0 aromatic rings. The number of hydrogen-bond donors (Lipinski definition) is 3. The molecule has 0 radical (unpaired) electrons. The molecule has 1 aliphatic heterocycles. The van der Waals surface area contributed by atoms with Crippen molar-refractivity contribution in [2.75, 3.05) is 33.8 Å². The Bertz CT molecular complexity index is 521. The molecule has 4 atom stereocenters. The number of nitrogens with zero attached hydrogens (tertiary/aromatic N) is 1. The molecule has 1 fully saturated rings. The predicted molar refractivity (Wildman–Crippen MR) is 104 cm³/mol. The number of carbonyl (C=O) groups is 3. The van der Waals surface area contributed by atoms with E-state index >= 15 is 0 Å². The van der Waals surface area contributed by atoms with Crippen molar-refractivity contribution in [3.63, 3.8) is 0 Å². The first-order valence-electron chi connectivity index (χ1n) is 10.2. The first-order valence-corrected chi connectivity index (χ1v) is 10.2. The Balaban J connectivity index is 2.73. The third kappa shape index (κ3) is 7.58. The van der Waals surface area contributed by atoms with Gasteiger partial charge in [0.15, 0.2) is 0 Å². The summed E-state index contributed by atoms with van der Waals surface area (Å²) >= 11 is 0. The number of carbonyl (C=O) groups excluding carboxylic acids is 3. The molecule has 27 heavy (non-hydrogen) atoms. The molecule has 156 valence electrons. The first kappa shape index (κ1) is 23.6. The molecular weight excluding hydrogens is 346 g/mol. The van der Waals surface area contributed by atoms with Gasteiger partial charge in [-0.15, -0.1) is 0 Å². The van der Waals surface area contributed by atoms with Gasteiger partial charge < -0.3 is 15.3 Å². The van der Waals surface area contributed by atoms with E-state index in [2.05, 4.69) is 26.3 Å². The molecule has 1 rings (SSSR count). The molecule has 0 bridgehead atoms. The van der Waals surface area contributed by atoms with Crippen LogP contribution in [-0.4, -0.2) is 61.1 Å². The largest absolute Gasteiger partial charge is 0.387 e. The van der Waals surface area contributed by atoms with Crippen LogP contribution in [0.4, 0.5) is 0 Å². The quantitative estimate of drug-likeness (QED) is 0.462. The number of hydrogen-bond acceptors (Lipinski definition) is 4. The summed E-state index contributed by atoms with van der Waals surface area (Å²) in [4.78, 5) is 35.4. The van der Waals surface area contributed by atoms with E-state index in [1.807, 2.05) is 6.92 Å². The zero-order chi connectivity index (χ0) is 20.6. The van der Waals surface area contributed by atoms with Crippen LogP contribution < -0.4 is 11.1 Å². The van der Waals surface area contributed by atoms with Crippen LogP contribution in [0.2, 0.25) is 0 Å². The summed E-state index contributed by atoms with van der Waals surface area (Å²) < 4.78 is 1.00. The lowest BCUT2D eigenvalue weighted by atomic mass is 9.84. The molecule has 4 N–H and O–H groups in total. The topological polar surface area (TPSA) is 109 Å². The molecule has 1 aliphatic rings. The first-order chi connectivity index (χ1) is 12.6. The zero-order valence-electron chi connectivity index (χ0n) is 17.4. The van der Waals surface area contributed by atoms with Crippen LogP contribution in [0.25, 0.3) is 0 Å². The summed E-state index contributed by atoms with van der Waals surface area (Å²) in [6.45, 7) is 5.67. The molecule has 0 aromatic carbocycles. The zero-order valence-corrected chi connectivity index (χ0v) is 17.4. The fourth-order valence-corrected chi connectivity index (χ4v) is 4.48. The standard InChI is InChI=1S/C20H37N3O4/c1-5-14(19(21)26)7-8-16(20(27)22-18(25)13-24)9-10-17-12-23(3,4)11-15(17)6-2/h14-17,24H,5-13H2,1-4H3,(H2-,21,22,25,26,27)/p+1. The maximum absolute atomic E-state index is 12.5. The Morgan fingerprint density at radius 1 is 1.07 bits per heavy atom. The number of aliphatic hydroxyl groups is 1. The molecule has 3 amide bonds.